The van der Waals surface area contributed by atoms with Crippen molar-refractivity contribution in [1.29, 1.82) is 0 Å². The Morgan fingerprint density at radius 1 is 1.22 bits per heavy atom. The van der Waals surface area contributed by atoms with E-state index >= 15 is 0 Å². The van der Waals surface area contributed by atoms with Crippen molar-refractivity contribution < 1.29 is 13.2 Å². The monoisotopic (exact) mass is 270 g/mol. The van der Waals surface area contributed by atoms with E-state index in [1.807, 2.05) is 0 Å². The highest BCUT2D eigenvalue weighted by Crippen LogP contribution is 2.30. The highest BCUT2D eigenvalue weighted by molar-refractivity contribution is 7.89. The number of nitrogens with zero attached hydrogens (tertiary/aromatic N) is 1. The van der Waals surface area contributed by atoms with E-state index in [2.05, 4.69) is 0 Å². The van der Waals surface area contributed by atoms with Crippen LogP contribution in [0.5, 0.6) is 5.75 Å². The molecule has 0 bridgehead atoms. The van der Waals surface area contributed by atoms with E-state index < -0.39 is 10.0 Å². The fourth-order valence-electron chi connectivity index (χ4n) is 2.14. The van der Waals surface area contributed by atoms with Gasteiger partial charge in [-0.3, -0.25) is 0 Å². The van der Waals surface area contributed by atoms with E-state index in [9.17, 15) is 8.42 Å². The number of piperidine rings is 1. The molecule has 1 aromatic rings. The van der Waals surface area contributed by atoms with Crippen LogP contribution in [0.25, 0.3) is 0 Å². The Labute approximate surface area is 108 Å². The van der Waals surface area contributed by atoms with Gasteiger partial charge in [-0.15, -0.1) is 0 Å². The molecule has 0 radical (unpaired) electrons. The lowest BCUT2D eigenvalue weighted by Gasteiger charge is -2.26. The van der Waals surface area contributed by atoms with Crippen LogP contribution in [0.2, 0.25) is 0 Å². The third-order valence-electron chi connectivity index (χ3n) is 3.12. The molecule has 0 aromatic heterocycles. The van der Waals surface area contributed by atoms with Crippen molar-refractivity contribution in [1.82, 2.24) is 4.31 Å². The number of nitrogen functional groups attached to an aromatic ring is 1. The SMILES string of the molecule is COc1ccc(N)cc1S(=O)(=O)N1CCCCC1. The normalized spacial score (nSPS) is 17.6. The van der Waals surface area contributed by atoms with Crippen molar-refractivity contribution in [2.75, 3.05) is 25.9 Å². The molecule has 0 atom stereocenters. The molecule has 0 spiro atoms. The van der Waals surface area contributed by atoms with Crippen molar-refractivity contribution in [3.8, 4) is 5.75 Å². The maximum absolute atomic E-state index is 12.5. The molecule has 1 aliphatic heterocycles. The molecular formula is C12H18N2O3S. The van der Waals surface area contributed by atoms with Gasteiger partial charge in [-0.2, -0.15) is 4.31 Å². The predicted molar refractivity (Wildman–Crippen MR) is 70.0 cm³/mol. The summed E-state index contributed by atoms with van der Waals surface area (Å²) >= 11 is 0. The van der Waals surface area contributed by atoms with Crippen LogP contribution in [0, 0.1) is 0 Å². The second-order valence-electron chi connectivity index (χ2n) is 4.38. The molecular weight excluding hydrogens is 252 g/mol. The number of nitrogens with two attached hydrogens (primary N) is 1. The first-order valence-corrected chi connectivity index (χ1v) is 7.43. The van der Waals surface area contributed by atoms with Crippen LogP contribution in [-0.2, 0) is 10.0 Å². The number of hydrogen-bond donors (Lipinski definition) is 1. The first-order chi connectivity index (χ1) is 8.55. The highest BCUT2D eigenvalue weighted by Gasteiger charge is 2.28. The first kappa shape index (κ1) is 13.2. The maximum Gasteiger partial charge on any atom is 0.246 e. The molecule has 2 N–H and O–H groups in total. The number of rotatable bonds is 3. The lowest BCUT2D eigenvalue weighted by atomic mass is 10.2. The van der Waals surface area contributed by atoms with E-state index in [-0.39, 0.29) is 4.90 Å². The molecule has 1 fully saturated rings. The van der Waals surface area contributed by atoms with E-state index in [0.29, 0.717) is 24.5 Å². The Morgan fingerprint density at radius 3 is 2.50 bits per heavy atom. The molecule has 0 amide bonds. The van der Waals surface area contributed by atoms with Gasteiger partial charge in [0.25, 0.3) is 0 Å². The molecule has 0 saturated carbocycles. The summed E-state index contributed by atoms with van der Waals surface area (Å²) in [6.07, 6.45) is 2.90. The zero-order chi connectivity index (χ0) is 13.2. The van der Waals surface area contributed by atoms with Gasteiger partial charge in [-0.1, -0.05) is 6.42 Å². The Balaban J connectivity index is 2.42. The summed E-state index contributed by atoms with van der Waals surface area (Å²) in [4.78, 5) is 0.159. The summed E-state index contributed by atoms with van der Waals surface area (Å²) in [5.74, 6) is 0.342. The number of anilines is 1. The number of methoxy groups -OCH3 is 1. The Bertz CT molecular complexity index is 522. The molecule has 5 nitrogen and oxygen atoms in total. The minimum Gasteiger partial charge on any atom is -0.495 e. The smallest absolute Gasteiger partial charge is 0.246 e. The van der Waals surface area contributed by atoms with Crippen molar-refractivity contribution in [2.24, 2.45) is 0 Å². The van der Waals surface area contributed by atoms with Crippen LogP contribution in [-0.4, -0.2) is 32.9 Å². The quantitative estimate of drug-likeness (QED) is 0.844. The number of benzene rings is 1. The van der Waals surface area contributed by atoms with Gasteiger partial charge in [-0.25, -0.2) is 8.42 Å². The Hall–Kier alpha value is -1.27. The van der Waals surface area contributed by atoms with Gasteiger partial charge in [0.15, 0.2) is 0 Å². The van der Waals surface area contributed by atoms with E-state index in [1.165, 1.54) is 17.5 Å². The lowest BCUT2D eigenvalue weighted by molar-refractivity contribution is 0.343. The third-order valence-corrected chi connectivity index (χ3v) is 5.04. The first-order valence-electron chi connectivity index (χ1n) is 5.99. The zero-order valence-electron chi connectivity index (χ0n) is 10.4. The second-order valence-corrected chi connectivity index (χ2v) is 6.28. The second kappa shape index (κ2) is 5.16. The zero-order valence-corrected chi connectivity index (χ0v) is 11.2. The summed E-state index contributed by atoms with van der Waals surface area (Å²) in [6, 6.07) is 4.68. The van der Waals surface area contributed by atoms with Gasteiger partial charge in [0, 0.05) is 18.8 Å². The minimum atomic E-state index is -3.50. The molecule has 0 aliphatic carbocycles. The molecule has 1 saturated heterocycles. The molecule has 1 aromatic carbocycles. The standard InChI is InChI=1S/C12H18N2O3S/c1-17-11-6-5-10(13)9-12(11)18(15,16)14-7-3-2-4-8-14/h5-6,9H,2-4,7-8,13H2,1H3. The Kier molecular flexibility index (Phi) is 3.77. The Morgan fingerprint density at radius 2 is 1.89 bits per heavy atom. The molecule has 2 rings (SSSR count). The van der Waals surface area contributed by atoms with Crippen LogP contribution in [0.4, 0.5) is 5.69 Å². The van der Waals surface area contributed by atoms with E-state index in [0.717, 1.165) is 19.3 Å². The van der Waals surface area contributed by atoms with Gasteiger partial charge in [-0.05, 0) is 31.0 Å². The van der Waals surface area contributed by atoms with Crippen LogP contribution < -0.4 is 10.5 Å². The predicted octanol–water partition coefficient (Wildman–Crippen LogP) is 1.45. The fourth-order valence-corrected chi connectivity index (χ4v) is 3.85. The number of hydrogen-bond acceptors (Lipinski definition) is 4. The van der Waals surface area contributed by atoms with Crippen molar-refractivity contribution >= 4 is 15.7 Å². The minimum absolute atomic E-state index is 0.159. The summed E-state index contributed by atoms with van der Waals surface area (Å²) in [6.45, 7) is 1.14. The third kappa shape index (κ3) is 2.44. The van der Waals surface area contributed by atoms with Crippen LogP contribution >= 0.6 is 0 Å². The topological polar surface area (TPSA) is 72.6 Å². The average molecular weight is 270 g/mol. The molecule has 100 valence electrons. The van der Waals surface area contributed by atoms with Crippen LogP contribution in [0.1, 0.15) is 19.3 Å². The molecule has 1 aliphatic rings. The molecule has 18 heavy (non-hydrogen) atoms. The van der Waals surface area contributed by atoms with Gasteiger partial charge in [0.05, 0.1) is 7.11 Å². The van der Waals surface area contributed by atoms with E-state index in [1.54, 1.807) is 12.1 Å². The summed E-state index contributed by atoms with van der Waals surface area (Å²) in [7, 11) is -2.04. The van der Waals surface area contributed by atoms with Crippen LogP contribution in [0.3, 0.4) is 0 Å². The summed E-state index contributed by atoms with van der Waals surface area (Å²) in [5, 5.41) is 0. The molecule has 1 heterocycles. The summed E-state index contributed by atoms with van der Waals surface area (Å²) < 4.78 is 31.6. The van der Waals surface area contributed by atoms with Gasteiger partial charge >= 0.3 is 0 Å². The van der Waals surface area contributed by atoms with Crippen LogP contribution in [0.15, 0.2) is 23.1 Å². The van der Waals surface area contributed by atoms with Gasteiger partial charge in [0.1, 0.15) is 10.6 Å². The lowest BCUT2D eigenvalue weighted by Crippen LogP contribution is -2.35. The van der Waals surface area contributed by atoms with Crippen molar-refractivity contribution in [3.05, 3.63) is 18.2 Å². The maximum atomic E-state index is 12.5. The molecule has 6 heteroatoms. The van der Waals surface area contributed by atoms with Crippen molar-refractivity contribution in [2.45, 2.75) is 24.2 Å². The van der Waals surface area contributed by atoms with Crippen molar-refractivity contribution in [3.63, 3.8) is 0 Å². The van der Waals surface area contributed by atoms with E-state index in [4.69, 9.17) is 10.5 Å². The number of ether oxygens (including phenoxy) is 1. The highest BCUT2D eigenvalue weighted by atomic mass is 32.2. The average Bonchev–Trinajstić information content (AvgIpc) is 2.39. The number of sulfonamides is 1. The largest absolute Gasteiger partial charge is 0.495 e. The summed E-state index contributed by atoms with van der Waals surface area (Å²) in [5.41, 5.74) is 6.09. The van der Waals surface area contributed by atoms with Gasteiger partial charge in [0.2, 0.25) is 10.0 Å². The fraction of sp³-hybridized carbons (Fsp3) is 0.500. The molecule has 0 unspecified atom stereocenters. The van der Waals surface area contributed by atoms with Gasteiger partial charge < -0.3 is 10.5 Å².